The molecule has 6 N–H and O–H groups in total. The minimum absolute atomic E-state index is 0.00748. The molecule has 2 amide bonds. The lowest BCUT2D eigenvalue weighted by atomic mass is 9.84. The molecule has 1 fully saturated rings. The lowest BCUT2D eigenvalue weighted by Crippen LogP contribution is -2.54. The molecule has 6 unspecified atom stereocenters. The third kappa shape index (κ3) is 21.9. The van der Waals surface area contributed by atoms with Crippen LogP contribution in [0.15, 0.2) is 12.1 Å². The summed E-state index contributed by atoms with van der Waals surface area (Å²) in [7, 11) is -15.1. The van der Waals surface area contributed by atoms with E-state index in [1.165, 1.54) is 6.07 Å². The molecule has 2 heterocycles. The van der Waals surface area contributed by atoms with Gasteiger partial charge in [-0.05, 0) is 68.9 Å². The Labute approximate surface area is 375 Å². The highest BCUT2D eigenvalue weighted by Crippen LogP contribution is 2.43. The average Bonchev–Trinajstić information content (AvgIpc) is 3.17. The fourth-order valence-electron chi connectivity index (χ4n) is 8.92. The maximum absolute atomic E-state index is 13.2. The Morgan fingerprint density at radius 2 is 1.25 bits per heavy atom. The summed E-state index contributed by atoms with van der Waals surface area (Å²) in [5.41, 5.74) is 1.51. The minimum Gasteiger partial charge on any atom is -0.508 e. The first-order chi connectivity index (χ1) is 29.7. The monoisotopic (exact) mass is 956 g/mol. The second-order valence-corrected chi connectivity index (χ2v) is 20.5. The number of benzene rings is 1. The van der Waals surface area contributed by atoms with Crippen LogP contribution < -0.4 is 5.32 Å². The Morgan fingerprint density at radius 3 is 1.84 bits per heavy atom. The molecule has 0 radical (unpaired) electrons. The number of aromatic hydroxyl groups is 2. The van der Waals surface area contributed by atoms with Crippen LogP contribution in [0.25, 0.3) is 0 Å². The number of phenols is 2. The third-order valence-electron chi connectivity index (χ3n) is 12.0. The molecule has 1 saturated heterocycles. The van der Waals surface area contributed by atoms with Crippen LogP contribution in [0.2, 0.25) is 0 Å². The first kappa shape index (κ1) is 54.7. The fourth-order valence-corrected chi connectivity index (χ4v) is 10.5. The molecule has 0 aromatic heterocycles. The predicted octanol–water partition coefficient (Wildman–Crippen LogP) is 7.60. The average molecular weight is 957 g/mol. The van der Waals surface area contributed by atoms with E-state index in [0.29, 0.717) is 63.5 Å². The van der Waals surface area contributed by atoms with E-state index < -0.39 is 55.6 Å². The number of carbonyl (C=O) groups is 2. The van der Waals surface area contributed by atoms with Crippen molar-refractivity contribution in [2.45, 2.75) is 205 Å². The second kappa shape index (κ2) is 27.1. The standard InChI is InChI=1S/C42H72N2O16S3/c1-3-4-5-6-13-16-19-31(2)28-39(60-63(55,56)57)38(59-62(52,53)54)25-22-34(58-61(49,50)51)20-17-14-11-9-7-8-10-12-15-18-21-40(47)43-35-23-24-36-41-32(26-27-44(36)42(35)48)29-33(45)30-37(41)46/h29-31,34-36,38-39,45-46H,3-28H2,1-2H3,(H,43,47)(H,49,50,51)(H,52,53,54)(H,55,56,57). The van der Waals surface area contributed by atoms with Gasteiger partial charge < -0.3 is 20.4 Å². The second-order valence-electron chi connectivity index (χ2n) is 17.4. The Bertz CT molecular complexity index is 1900. The van der Waals surface area contributed by atoms with Gasteiger partial charge in [-0.2, -0.15) is 25.3 Å². The highest BCUT2D eigenvalue weighted by molar-refractivity contribution is 7.81. The number of rotatable bonds is 33. The summed E-state index contributed by atoms with van der Waals surface area (Å²) in [5, 5.41) is 23.2. The van der Waals surface area contributed by atoms with Crippen molar-refractivity contribution >= 4 is 43.0 Å². The van der Waals surface area contributed by atoms with E-state index in [1.807, 2.05) is 6.92 Å². The summed E-state index contributed by atoms with van der Waals surface area (Å²) < 4.78 is 113. The van der Waals surface area contributed by atoms with Crippen LogP contribution in [-0.2, 0) is 59.8 Å². The van der Waals surface area contributed by atoms with E-state index >= 15 is 0 Å². The molecule has 0 saturated carbocycles. The molecule has 364 valence electrons. The number of amides is 2. The molecule has 2 aliphatic rings. The zero-order chi connectivity index (χ0) is 46.6. The topological polar surface area (TPSA) is 281 Å². The molecule has 1 aromatic carbocycles. The van der Waals surface area contributed by atoms with Crippen LogP contribution in [0.3, 0.4) is 0 Å². The van der Waals surface area contributed by atoms with Crippen molar-refractivity contribution in [3.8, 4) is 11.5 Å². The molecular formula is C42H72N2O16S3. The van der Waals surface area contributed by atoms with Gasteiger partial charge in [0.2, 0.25) is 11.8 Å². The minimum atomic E-state index is -5.14. The van der Waals surface area contributed by atoms with Gasteiger partial charge in [0.25, 0.3) is 0 Å². The van der Waals surface area contributed by atoms with Gasteiger partial charge in [0.1, 0.15) is 29.7 Å². The molecule has 3 rings (SSSR count). The summed E-state index contributed by atoms with van der Waals surface area (Å²) in [5.74, 6) is -0.533. The lowest BCUT2D eigenvalue weighted by Gasteiger charge is -2.43. The molecule has 0 spiro atoms. The van der Waals surface area contributed by atoms with Gasteiger partial charge in [0.05, 0.1) is 12.1 Å². The number of carbonyl (C=O) groups excluding carboxylic acids is 2. The van der Waals surface area contributed by atoms with Crippen LogP contribution >= 0.6 is 0 Å². The first-order valence-corrected chi connectivity index (χ1v) is 26.9. The van der Waals surface area contributed by atoms with Crippen molar-refractivity contribution < 1.29 is 71.3 Å². The molecule has 63 heavy (non-hydrogen) atoms. The summed E-state index contributed by atoms with van der Waals surface area (Å²) in [6.45, 7) is 4.38. The number of nitrogens with one attached hydrogen (secondary N) is 1. The summed E-state index contributed by atoms with van der Waals surface area (Å²) >= 11 is 0. The van der Waals surface area contributed by atoms with E-state index in [9.17, 15) is 58.7 Å². The normalized spacial score (nSPS) is 18.9. The zero-order valence-electron chi connectivity index (χ0n) is 36.9. The number of nitrogens with zero attached hydrogens (tertiary/aromatic N) is 1. The van der Waals surface area contributed by atoms with Gasteiger partial charge in [-0.3, -0.25) is 23.2 Å². The Balaban J connectivity index is 1.34. The van der Waals surface area contributed by atoms with Crippen molar-refractivity contribution in [2.24, 2.45) is 5.92 Å². The molecule has 1 aromatic rings. The van der Waals surface area contributed by atoms with Crippen molar-refractivity contribution in [1.82, 2.24) is 10.2 Å². The van der Waals surface area contributed by atoms with E-state index in [4.69, 9.17) is 12.5 Å². The molecule has 21 heteroatoms. The number of hydrogen-bond acceptors (Lipinski definition) is 13. The van der Waals surface area contributed by atoms with Crippen LogP contribution in [0.4, 0.5) is 0 Å². The van der Waals surface area contributed by atoms with Crippen LogP contribution in [0, 0.1) is 5.92 Å². The molecule has 0 bridgehead atoms. The van der Waals surface area contributed by atoms with Gasteiger partial charge in [-0.1, -0.05) is 117 Å². The molecule has 2 aliphatic heterocycles. The summed E-state index contributed by atoms with van der Waals surface area (Å²) in [6.07, 6.45) is 12.3. The van der Waals surface area contributed by atoms with Crippen molar-refractivity contribution in [2.75, 3.05) is 6.54 Å². The Kier molecular flexibility index (Phi) is 23.5. The highest BCUT2D eigenvalue weighted by atomic mass is 32.3. The Morgan fingerprint density at radius 1 is 0.714 bits per heavy atom. The van der Waals surface area contributed by atoms with Crippen LogP contribution in [0.1, 0.15) is 185 Å². The van der Waals surface area contributed by atoms with Gasteiger partial charge >= 0.3 is 31.2 Å². The number of hydrogen-bond donors (Lipinski definition) is 6. The predicted molar refractivity (Wildman–Crippen MR) is 235 cm³/mol. The van der Waals surface area contributed by atoms with Crippen LogP contribution in [-0.4, -0.2) is 96.7 Å². The zero-order valence-corrected chi connectivity index (χ0v) is 39.4. The van der Waals surface area contributed by atoms with Gasteiger partial charge in [0, 0.05) is 24.6 Å². The molecule has 6 atom stereocenters. The number of unbranched alkanes of at least 4 members (excludes halogenated alkanes) is 14. The summed E-state index contributed by atoms with van der Waals surface area (Å²) in [4.78, 5) is 27.6. The maximum atomic E-state index is 13.2. The van der Waals surface area contributed by atoms with Crippen molar-refractivity contribution in [3.63, 3.8) is 0 Å². The molecule has 18 nitrogen and oxygen atoms in total. The van der Waals surface area contributed by atoms with E-state index in [2.05, 4.69) is 12.2 Å². The number of phenolic OH excluding ortho intramolecular Hbond substituents is 2. The number of fused-ring (bicyclic) bond motifs is 3. The quantitative estimate of drug-likeness (QED) is 0.0292. The van der Waals surface area contributed by atoms with Gasteiger partial charge in [-0.15, -0.1) is 0 Å². The maximum Gasteiger partial charge on any atom is 0.397 e. The van der Waals surface area contributed by atoms with Crippen molar-refractivity contribution in [1.29, 1.82) is 0 Å². The van der Waals surface area contributed by atoms with E-state index in [-0.39, 0.29) is 61.0 Å². The molecule has 0 aliphatic carbocycles. The van der Waals surface area contributed by atoms with E-state index in [1.54, 1.807) is 11.0 Å². The fraction of sp³-hybridized carbons (Fsp3) is 0.810. The number of piperidine rings is 1. The van der Waals surface area contributed by atoms with Crippen molar-refractivity contribution in [3.05, 3.63) is 23.3 Å². The lowest BCUT2D eigenvalue weighted by molar-refractivity contribution is -0.142. The SMILES string of the molecule is CCCCCCCCC(C)CC(OS(=O)(=O)O)C(CCC(CCCCCCCCCCCCC(=O)NC1CCC2c3c(O)cc(O)cc3CCN2C1=O)OS(=O)(=O)O)OS(=O)(=O)O. The van der Waals surface area contributed by atoms with Gasteiger partial charge in [-0.25, -0.2) is 12.5 Å². The smallest absolute Gasteiger partial charge is 0.397 e. The largest absolute Gasteiger partial charge is 0.508 e. The van der Waals surface area contributed by atoms with Crippen LogP contribution in [0.5, 0.6) is 11.5 Å². The highest BCUT2D eigenvalue weighted by Gasteiger charge is 2.41. The molecular weight excluding hydrogens is 885 g/mol. The first-order valence-electron chi connectivity index (χ1n) is 22.8. The van der Waals surface area contributed by atoms with Gasteiger partial charge in [0.15, 0.2) is 0 Å². The Hall–Kier alpha value is -2.63. The third-order valence-corrected chi connectivity index (χ3v) is 13.5. The van der Waals surface area contributed by atoms with E-state index in [0.717, 1.165) is 89.0 Å². The summed E-state index contributed by atoms with van der Waals surface area (Å²) in [6, 6.07) is 2.05.